The maximum Gasteiger partial charge on any atom is 0.269 e. The van der Waals surface area contributed by atoms with Crippen molar-refractivity contribution in [2.75, 3.05) is 0 Å². The van der Waals surface area contributed by atoms with E-state index in [1.165, 1.54) is 0 Å². The van der Waals surface area contributed by atoms with Gasteiger partial charge in [-0.1, -0.05) is 13.3 Å². The largest absolute Gasteiger partial charge is 0.345 e. The zero-order valence-electron chi connectivity index (χ0n) is 11.2. The SMILES string of the molecule is CC1CCCC(C#N)(NC(=O)c2cc(Br)cn2C)C1. The molecule has 2 atom stereocenters. The number of hydrogen-bond acceptors (Lipinski definition) is 2. The van der Waals surface area contributed by atoms with E-state index in [0.717, 1.165) is 30.2 Å². The fourth-order valence-electron chi connectivity index (χ4n) is 2.83. The fourth-order valence-corrected chi connectivity index (χ4v) is 3.35. The van der Waals surface area contributed by atoms with E-state index in [4.69, 9.17) is 0 Å². The van der Waals surface area contributed by atoms with Crippen LogP contribution in [-0.4, -0.2) is 16.0 Å². The maximum absolute atomic E-state index is 12.3. The first-order valence-electron chi connectivity index (χ1n) is 6.51. The minimum Gasteiger partial charge on any atom is -0.345 e. The van der Waals surface area contributed by atoms with Crippen molar-refractivity contribution in [2.24, 2.45) is 13.0 Å². The van der Waals surface area contributed by atoms with Crippen LogP contribution in [0.2, 0.25) is 0 Å². The summed E-state index contributed by atoms with van der Waals surface area (Å²) in [7, 11) is 1.82. The molecule has 0 aromatic carbocycles. The molecule has 0 radical (unpaired) electrons. The van der Waals surface area contributed by atoms with Gasteiger partial charge < -0.3 is 9.88 Å². The molecular weight excluding hydrogens is 306 g/mol. The van der Waals surface area contributed by atoms with E-state index in [0.29, 0.717) is 11.6 Å². The highest BCUT2D eigenvalue weighted by Crippen LogP contribution is 2.32. The molecular formula is C14H18BrN3O. The van der Waals surface area contributed by atoms with E-state index in [9.17, 15) is 10.1 Å². The number of nitrogens with zero attached hydrogens (tertiary/aromatic N) is 2. The normalized spacial score (nSPS) is 26.7. The van der Waals surface area contributed by atoms with Crippen LogP contribution < -0.4 is 5.32 Å². The smallest absolute Gasteiger partial charge is 0.269 e. The Labute approximate surface area is 121 Å². The van der Waals surface area contributed by atoms with Crippen LogP contribution in [0.5, 0.6) is 0 Å². The van der Waals surface area contributed by atoms with Gasteiger partial charge in [0.2, 0.25) is 0 Å². The molecule has 1 aromatic heterocycles. The Morgan fingerprint density at radius 1 is 1.68 bits per heavy atom. The van der Waals surface area contributed by atoms with Crippen molar-refractivity contribution in [3.63, 3.8) is 0 Å². The second-order valence-corrected chi connectivity index (χ2v) is 6.42. The van der Waals surface area contributed by atoms with Gasteiger partial charge in [-0.2, -0.15) is 5.26 Å². The van der Waals surface area contributed by atoms with Crippen LogP contribution in [0, 0.1) is 17.2 Å². The summed E-state index contributed by atoms with van der Waals surface area (Å²) in [5, 5.41) is 12.4. The molecule has 0 spiro atoms. The van der Waals surface area contributed by atoms with Crippen molar-refractivity contribution in [1.82, 2.24) is 9.88 Å². The van der Waals surface area contributed by atoms with E-state index < -0.39 is 5.54 Å². The number of rotatable bonds is 2. The zero-order valence-corrected chi connectivity index (χ0v) is 12.8. The van der Waals surface area contributed by atoms with E-state index in [-0.39, 0.29) is 5.91 Å². The lowest BCUT2D eigenvalue weighted by Gasteiger charge is -2.34. The minimum atomic E-state index is -0.703. The number of nitrogens with one attached hydrogen (secondary N) is 1. The molecule has 2 unspecified atom stereocenters. The van der Waals surface area contributed by atoms with Gasteiger partial charge in [0, 0.05) is 17.7 Å². The number of hydrogen-bond donors (Lipinski definition) is 1. The van der Waals surface area contributed by atoms with Crippen molar-refractivity contribution in [2.45, 2.75) is 38.1 Å². The van der Waals surface area contributed by atoms with Gasteiger partial charge in [-0.25, -0.2) is 0 Å². The second kappa shape index (κ2) is 5.38. The molecule has 1 saturated carbocycles. The van der Waals surface area contributed by atoms with Gasteiger partial charge in [0.15, 0.2) is 0 Å². The molecule has 19 heavy (non-hydrogen) atoms. The lowest BCUT2D eigenvalue weighted by Crippen LogP contribution is -2.50. The molecule has 1 N–H and O–H groups in total. The number of halogens is 1. The fraction of sp³-hybridized carbons (Fsp3) is 0.571. The summed E-state index contributed by atoms with van der Waals surface area (Å²) in [6.07, 6.45) is 5.43. The molecule has 0 saturated heterocycles. The lowest BCUT2D eigenvalue weighted by atomic mass is 9.77. The van der Waals surface area contributed by atoms with Gasteiger partial charge >= 0.3 is 0 Å². The molecule has 2 rings (SSSR count). The lowest BCUT2D eigenvalue weighted by molar-refractivity contribution is 0.0882. The summed E-state index contributed by atoms with van der Waals surface area (Å²) in [6.45, 7) is 2.14. The van der Waals surface area contributed by atoms with Gasteiger partial charge in [0.05, 0.1) is 6.07 Å². The first-order chi connectivity index (χ1) is 8.96. The topological polar surface area (TPSA) is 57.8 Å². The van der Waals surface area contributed by atoms with E-state index >= 15 is 0 Å². The highest BCUT2D eigenvalue weighted by molar-refractivity contribution is 9.10. The molecule has 5 heteroatoms. The number of aromatic nitrogens is 1. The molecule has 1 aromatic rings. The molecule has 1 amide bonds. The second-order valence-electron chi connectivity index (χ2n) is 5.50. The average Bonchev–Trinajstić information content (AvgIpc) is 2.68. The first-order valence-corrected chi connectivity index (χ1v) is 7.31. The standard InChI is InChI=1S/C14H18BrN3O/c1-10-4-3-5-14(7-10,9-16)17-13(19)12-6-11(15)8-18(12)2/h6,8,10H,3-5,7H2,1-2H3,(H,17,19). The van der Waals surface area contributed by atoms with E-state index in [1.54, 1.807) is 10.6 Å². The molecule has 1 heterocycles. The Morgan fingerprint density at radius 2 is 2.42 bits per heavy atom. The van der Waals surface area contributed by atoms with Crippen molar-refractivity contribution in [1.29, 1.82) is 5.26 Å². The summed E-state index contributed by atoms with van der Waals surface area (Å²) in [4.78, 5) is 12.3. The van der Waals surface area contributed by atoms with Gasteiger partial charge in [0.25, 0.3) is 5.91 Å². The molecule has 1 aliphatic rings. The van der Waals surface area contributed by atoms with E-state index in [1.807, 2.05) is 13.2 Å². The van der Waals surface area contributed by atoms with Gasteiger partial charge in [0.1, 0.15) is 11.2 Å². The van der Waals surface area contributed by atoms with Gasteiger partial charge in [-0.15, -0.1) is 0 Å². The monoisotopic (exact) mass is 323 g/mol. The van der Waals surface area contributed by atoms with E-state index in [2.05, 4.69) is 34.2 Å². The Morgan fingerprint density at radius 3 is 2.95 bits per heavy atom. The number of amides is 1. The third-order valence-electron chi connectivity index (χ3n) is 3.77. The van der Waals surface area contributed by atoms with Crippen LogP contribution in [0.25, 0.3) is 0 Å². The number of aryl methyl sites for hydroxylation is 1. The quantitative estimate of drug-likeness (QED) is 0.909. The maximum atomic E-state index is 12.3. The van der Waals surface area contributed by atoms with Crippen molar-refractivity contribution < 1.29 is 4.79 Å². The predicted molar refractivity (Wildman–Crippen MR) is 76.6 cm³/mol. The minimum absolute atomic E-state index is 0.177. The number of carbonyl (C=O) groups excluding carboxylic acids is 1. The average molecular weight is 324 g/mol. The zero-order chi connectivity index (χ0) is 14.0. The Balaban J connectivity index is 2.17. The third-order valence-corrected chi connectivity index (χ3v) is 4.20. The van der Waals surface area contributed by atoms with Crippen molar-refractivity contribution >= 4 is 21.8 Å². The molecule has 0 aliphatic heterocycles. The highest BCUT2D eigenvalue weighted by atomic mass is 79.9. The molecule has 4 nitrogen and oxygen atoms in total. The Kier molecular flexibility index (Phi) is 4.00. The van der Waals surface area contributed by atoms with Gasteiger partial charge in [-0.3, -0.25) is 4.79 Å². The molecule has 102 valence electrons. The summed E-state index contributed by atoms with van der Waals surface area (Å²) in [5.41, 5.74) is -0.134. The van der Waals surface area contributed by atoms with Crippen molar-refractivity contribution in [3.05, 3.63) is 22.4 Å². The van der Waals surface area contributed by atoms with Crippen LogP contribution in [0.4, 0.5) is 0 Å². The summed E-state index contributed by atoms with van der Waals surface area (Å²) in [5.74, 6) is 0.303. The van der Waals surface area contributed by atoms with Crippen LogP contribution in [0.1, 0.15) is 43.1 Å². The Hall–Kier alpha value is -1.28. The highest BCUT2D eigenvalue weighted by Gasteiger charge is 2.37. The van der Waals surface area contributed by atoms with Gasteiger partial charge in [-0.05, 0) is 47.2 Å². The predicted octanol–water partition coefficient (Wildman–Crippen LogP) is 2.99. The van der Waals surface area contributed by atoms with Crippen LogP contribution in [0.15, 0.2) is 16.7 Å². The van der Waals surface area contributed by atoms with Crippen LogP contribution >= 0.6 is 15.9 Å². The number of nitriles is 1. The third kappa shape index (κ3) is 3.01. The molecule has 1 fully saturated rings. The van der Waals surface area contributed by atoms with Crippen LogP contribution in [-0.2, 0) is 7.05 Å². The molecule has 0 bridgehead atoms. The van der Waals surface area contributed by atoms with Crippen molar-refractivity contribution in [3.8, 4) is 6.07 Å². The number of carbonyl (C=O) groups is 1. The van der Waals surface area contributed by atoms with Crippen LogP contribution in [0.3, 0.4) is 0 Å². The Bertz CT molecular complexity index is 531. The molecule has 1 aliphatic carbocycles. The summed E-state index contributed by atoms with van der Waals surface area (Å²) in [6, 6.07) is 4.09. The first kappa shape index (κ1) is 14.1. The summed E-state index contributed by atoms with van der Waals surface area (Å²) >= 11 is 3.35. The summed E-state index contributed by atoms with van der Waals surface area (Å²) < 4.78 is 2.62.